The summed E-state index contributed by atoms with van der Waals surface area (Å²) in [5.41, 5.74) is 2.06. The minimum Gasteiger partial charge on any atom is -0.493 e. The first-order chi connectivity index (χ1) is 10.1. The summed E-state index contributed by atoms with van der Waals surface area (Å²) in [6.07, 6.45) is 4.84. The number of methoxy groups -OCH3 is 2. The maximum Gasteiger partial charge on any atom is 0.178 e. The molecule has 1 aromatic heterocycles. The first-order valence-electron chi connectivity index (χ1n) is 7.48. The number of fused-ring (bicyclic) bond motifs is 1. The molecule has 1 atom stereocenters. The lowest BCUT2D eigenvalue weighted by atomic mass is 10.1. The van der Waals surface area contributed by atoms with Gasteiger partial charge < -0.3 is 19.0 Å². The molecule has 0 saturated carbocycles. The van der Waals surface area contributed by atoms with Crippen LogP contribution in [0.15, 0.2) is 12.1 Å². The molecule has 1 heterocycles. The first kappa shape index (κ1) is 15.9. The number of ether oxygens (including phenoxy) is 2. The van der Waals surface area contributed by atoms with Crippen molar-refractivity contribution in [3.05, 3.63) is 16.9 Å². The predicted molar refractivity (Wildman–Crippen MR) is 89.1 cm³/mol. The average Bonchev–Trinajstić information content (AvgIpc) is 2.80. The molecule has 1 N–H and O–H groups in total. The smallest absolute Gasteiger partial charge is 0.178 e. The average molecular weight is 308 g/mol. The van der Waals surface area contributed by atoms with E-state index in [9.17, 15) is 0 Å². The number of nitrogens with zero attached hydrogens (tertiary/aromatic N) is 1. The van der Waals surface area contributed by atoms with E-state index in [2.05, 4.69) is 23.4 Å². The van der Waals surface area contributed by atoms with E-state index in [-0.39, 0.29) is 0 Å². The Labute approximate surface area is 131 Å². The summed E-state index contributed by atoms with van der Waals surface area (Å²) in [5, 5.41) is 0. The summed E-state index contributed by atoms with van der Waals surface area (Å²) in [7, 11) is 3.29. The molecule has 0 bridgehead atoms. The van der Waals surface area contributed by atoms with E-state index in [4.69, 9.17) is 21.7 Å². The third-order valence-electron chi connectivity index (χ3n) is 3.89. The van der Waals surface area contributed by atoms with Crippen LogP contribution >= 0.6 is 12.2 Å². The number of H-pyrrole nitrogens is 1. The molecule has 21 heavy (non-hydrogen) atoms. The van der Waals surface area contributed by atoms with Crippen molar-refractivity contribution in [2.75, 3.05) is 14.2 Å². The van der Waals surface area contributed by atoms with Gasteiger partial charge in [0.15, 0.2) is 16.3 Å². The van der Waals surface area contributed by atoms with Gasteiger partial charge in [-0.15, -0.1) is 0 Å². The van der Waals surface area contributed by atoms with Gasteiger partial charge in [0.25, 0.3) is 0 Å². The van der Waals surface area contributed by atoms with E-state index in [0.29, 0.717) is 11.8 Å². The highest BCUT2D eigenvalue weighted by Gasteiger charge is 2.14. The van der Waals surface area contributed by atoms with Crippen LogP contribution in [0.5, 0.6) is 11.5 Å². The summed E-state index contributed by atoms with van der Waals surface area (Å²) in [6.45, 7) is 4.44. The number of benzene rings is 1. The summed E-state index contributed by atoms with van der Waals surface area (Å²) in [4.78, 5) is 3.27. The Hall–Kier alpha value is -1.49. The Balaban J connectivity index is 2.43. The van der Waals surface area contributed by atoms with E-state index in [1.54, 1.807) is 14.2 Å². The highest BCUT2D eigenvalue weighted by molar-refractivity contribution is 7.71. The molecular weight excluding hydrogens is 284 g/mol. The SMILES string of the molecule is CCCCCC(C)n1c(=S)[nH]c2cc(OC)c(OC)cc21. The fourth-order valence-corrected chi connectivity index (χ4v) is 3.10. The van der Waals surface area contributed by atoms with Gasteiger partial charge in [-0.1, -0.05) is 26.2 Å². The molecule has 116 valence electrons. The second-order valence-corrected chi connectivity index (χ2v) is 5.76. The summed E-state index contributed by atoms with van der Waals surface area (Å²) < 4.78 is 13.7. The van der Waals surface area contributed by atoms with Crippen molar-refractivity contribution in [1.29, 1.82) is 0 Å². The number of unbranched alkanes of at least 4 members (excludes halogenated alkanes) is 2. The predicted octanol–water partition coefficient (Wildman–Crippen LogP) is 4.86. The van der Waals surface area contributed by atoms with Gasteiger partial charge in [-0.25, -0.2) is 0 Å². The molecule has 0 aliphatic rings. The maximum absolute atomic E-state index is 5.49. The van der Waals surface area contributed by atoms with Gasteiger partial charge in [0.2, 0.25) is 0 Å². The molecule has 0 radical (unpaired) electrons. The zero-order valence-electron chi connectivity index (χ0n) is 13.2. The molecule has 0 fully saturated rings. The molecule has 2 rings (SSSR count). The van der Waals surface area contributed by atoms with Crippen LogP contribution in [0.1, 0.15) is 45.6 Å². The second kappa shape index (κ2) is 6.98. The number of hydrogen-bond donors (Lipinski definition) is 1. The number of hydrogen-bond acceptors (Lipinski definition) is 3. The lowest BCUT2D eigenvalue weighted by Gasteiger charge is -2.15. The fourth-order valence-electron chi connectivity index (χ4n) is 2.71. The molecule has 0 aliphatic heterocycles. The molecule has 2 aromatic rings. The topological polar surface area (TPSA) is 39.2 Å². The van der Waals surface area contributed by atoms with Crippen molar-refractivity contribution in [3.63, 3.8) is 0 Å². The number of nitrogens with one attached hydrogen (secondary N) is 1. The summed E-state index contributed by atoms with van der Waals surface area (Å²) in [6, 6.07) is 4.31. The number of imidazole rings is 1. The van der Waals surface area contributed by atoms with Gasteiger partial charge in [0.1, 0.15) is 0 Å². The van der Waals surface area contributed by atoms with Gasteiger partial charge in [0.05, 0.1) is 25.3 Å². The highest BCUT2D eigenvalue weighted by atomic mass is 32.1. The molecule has 4 nitrogen and oxygen atoms in total. The molecule has 0 aliphatic carbocycles. The molecule has 0 saturated heterocycles. The van der Waals surface area contributed by atoms with Crippen molar-refractivity contribution in [2.24, 2.45) is 0 Å². The van der Waals surface area contributed by atoms with Crippen LogP contribution in [0.3, 0.4) is 0 Å². The Morgan fingerprint density at radius 1 is 1.19 bits per heavy atom. The molecule has 1 unspecified atom stereocenters. The van der Waals surface area contributed by atoms with Crippen LogP contribution < -0.4 is 9.47 Å². The monoisotopic (exact) mass is 308 g/mol. The second-order valence-electron chi connectivity index (χ2n) is 5.37. The zero-order valence-corrected chi connectivity index (χ0v) is 14.0. The van der Waals surface area contributed by atoms with Crippen molar-refractivity contribution in [1.82, 2.24) is 9.55 Å². The third kappa shape index (κ3) is 3.23. The van der Waals surface area contributed by atoms with Gasteiger partial charge in [-0.3, -0.25) is 0 Å². The molecular formula is C16H24N2O2S. The van der Waals surface area contributed by atoms with Crippen LogP contribution in [0.25, 0.3) is 11.0 Å². The highest BCUT2D eigenvalue weighted by Crippen LogP contribution is 2.33. The Morgan fingerprint density at radius 3 is 2.48 bits per heavy atom. The Kier molecular flexibility index (Phi) is 5.28. The fraction of sp³-hybridized carbons (Fsp3) is 0.562. The molecule has 0 spiro atoms. The van der Waals surface area contributed by atoms with E-state index in [1.807, 2.05) is 12.1 Å². The zero-order chi connectivity index (χ0) is 15.4. The lowest BCUT2D eigenvalue weighted by molar-refractivity contribution is 0.355. The van der Waals surface area contributed by atoms with Crippen LogP contribution in [0, 0.1) is 4.77 Å². The maximum atomic E-state index is 5.49. The van der Waals surface area contributed by atoms with Crippen molar-refractivity contribution >= 4 is 23.3 Å². The van der Waals surface area contributed by atoms with Crippen LogP contribution in [-0.4, -0.2) is 23.8 Å². The van der Waals surface area contributed by atoms with E-state index >= 15 is 0 Å². The largest absolute Gasteiger partial charge is 0.493 e. The summed E-state index contributed by atoms with van der Waals surface area (Å²) in [5.74, 6) is 1.44. The van der Waals surface area contributed by atoms with Gasteiger partial charge in [0, 0.05) is 18.2 Å². The van der Waals surface area contributed by atoms with E-state index in [0.717, 1.165) is 28.0 Å². The number of aromatic nitrogens is 2. The van der Waals surface area contributed by atoms with Gasteiger partial charge >= 0.3 is 0 Å². The summed E-state index contributed by atoms with van der Waals surface area (Å²) >= 11 is 5.49. The first-order valence-corrected chi connectivity index (χ1v) is 7.89. The van der Waals surface area contributed by atoms with E-state index < -0.39 is 0 Å². The normalized spacial score (nSPS) is 12.6. The molecule has 1 aromatic carbocycles. The van der Waals surface area contributed by atoms with E-state index in [1.165, 1.54) is 19.3 Å². The minimum absolute atomic E-state index is 0.371. The molecule has 5 heteroatoms. The third-order valence-corrected chi connectivity index (χ3v) is 4.19. The number of aromatic amines is 1. The minimum atomic E-state index is 0.371. The quantitative estimate of drug-likeness (QED) is 0.586. The van der Waals surface area contributed by atoms with Crippen molar-refractivity contribution in [3.8, 4) is 11.5 Å². The Bertz CT molecular complexity index is 660. The van der Waals surface area contributed by atoms with Crippen LogP contribution in [0.4, 0.5) is 0 Å². The van der Waals surface area contributed by atoms with Crippen molar-refractivity contribution in [2.45, 2.75) is 45.6 Å². The lowest BCUT2D eigenvalue weighted by Crippen LogP contribution is -2.05. The number of rotatable bonds is 7. The van der Waals surface area contributed by atoms with Gasteiger partial charge in [-0.05, 0) is 25.6 Å². The van der Waals surface area contributed by atoms with Crippen LogP contribution in [0.2, 0.25) is 0 Å². The van der Waals surface area contributed by atoms with Crippen molar-refractivity contribution < 1.29 is 9.47 Å². The van der Waals surface area contributed by atoms with Crippen LogP contribution in [-0.2, 0) is 0 Å². The standard InChI is InChI=1S/C16H24N2O2S/c1-5-6-7-8-11(2)18-13-10-15(20-4)14(19-3)9-12(13)17-16(18)21/h9-11H,5-8H2,1-4H3,(H,17,21). The molecule has 0 amide bonds. The van der Waals surface area contributed by atoms with Gasteiger partial charge in [-0.2, -0.15) is 0 Å². The Morgan fingerprint density at radius 2 is 1.86 bits per heavy atom.